The van der Waals surface area contributed by atoms with Crippen LogP contribution in [0.3, 0.4) is 0 Å². The molecule has 0 spiro atoms. The molecule has 2 aromatic carbocycles. The van der Waals surface area contributed by atoms with Crippen molar-refractivity contribution in [2.75, 3.05) is 24.5 Å². The second-order valence-electron chi connectivity index (χ2n) is 6.68. The van der Waals surface area contributed by atoms with Crippen molar-refractivity contribution in [1.29, 1.82) is 0 Å². The Hall–Kier alpha value is -1.54. The molecule has 0 radical (unpaired) electrons. The molecular weight excluding hydrogens is 256 g/mol. The number of rotatable bonds is 1. The first-order valence-electron chi connectivity index (χ1n) is 8.31. The van der Waals surface area contributed by atoms with Crippen molar-refractivity contribution < 1.29 is 0 Å². The van der Waals surface area contributed by atoms with Gasteiger partial charge < -0.3 is 4.90 Å². The molecule has 0 aromatic heterocycles. The number of piperazine rings is 1. The van der Waals surface area contributed by atoms with E-state index in [4.69, 9.17) is 0 Å². The molecule has 2 saturated heterocycles. The van der Waals surface area contributed by atoms with Gasteiger partial charge in [0.25, 0.3) is 0 Å². The Morgan fingerprint density at radius 2 is 1.81 bits per heavy atom. The van der Waals surface area contributed by atoms with Crippen LogP contribution < -0.4 is 4.90 Å². The van der Waals surface area contributed by atoms with Gasteiger partial charge in [0, 0.05) is 30.9 Å². The Bertz CT molecular complexity index is 636. The van der Waals surface area contributed by atoms with Crippen molar-refractivity contribution in [3.8, 4) is 0 Å². The Kier molecular flexibility index (Phi) is 3.34. The molecular formula is C19H24N2. The van der Waals surface area contributed by atoms with Crippen molar-refractivity contribution in [1.82, 2.24) is 4.90 Å². The van der Waals surface area contributed by atoms with Crippen molar-refractivity contribution in [2.45, 2.75) is 38.3 Å². The molecule has 0 N–H and O–H groups in total. The van der Waals surface area contributed by atoms with E-state index in [0.717, 1.165) is 6.04 Å². The summed E-state index contributed by atoms with van der Waals surface area (Å²) >= 11 is 0. The maximum Gasteiger partial charge on any atom is 0.0389 e. The van der Waals surface area contributed by atoms with E-state index >= 15 is 0 Å². The van der Waals surface area contributed by atoms with Gasteiger partial charge in [-0.2, -0.15) is 0 Å². The predicted molar refractivity (Wildman–Crippen MR) is 90.0 cm³/mol. The van der Waals surface area contributed by atoms with Gasteiger partial charge in [0.15, 0.2) is 0 Å². The topological polar surface area (TPSA) is 6.48 Å². The molecule has 2 aromatic rings. The van der Waals surface area contributed by atoms with Crippen LogP contribution in [0.1, 0.15) is 26.2 Å². The number of benzene rings is 2. The molecule has 2 unspecified atom stereocenters. The lowest BCUT2D eigenvalue weighted by Gasteiger charge is -2.48. The Morgan fingerprint density at radius 3 is 2.71 bits per heavy atom. The molecule has 0 saturated carbocycles. The molecule has 2 aliphatic rings. The van der Waals surface area contributed by atoms with E-state index in [-0.39, 0.29) is 0 Å². The number of hydrogen-bond donors (Lipinski definition) is 0. The average Bonchev–Trinajstić information content (AvgIpc) is 2.54. The van der Waals surface area contributed by atoms with Gasteiger partial charge in [0.05, 0.1) is 0 Å². The van der Waals surface area contributed by atoms with Crippen LogP contribution in [0.25, 0.3) is 10.8 Å². The van der Waals surface area contributed by atoms with Gasteiger partial charge in [0.1, 0.15) is 0 Å². The molecule has 2 aliphatic heterocycles. The minimum atomic E-state index is 0.612. The van der Waals surface area contributed by atoms with Crippen molar-refractivity contribution in [3.63, 3.8) is 0 Å². The van der Waals surface area contributed by atoms with Gasteiger partial charge >= 0.3 is 0 Å². The minimum Gasteiger partial charge on any atom is -0.366 e. The van der Waals surface area contributed by atoms with Gasteiger partial charge in [-0.15, -0.1) is 0 Å². The number of hydrogen-bond acceptors (Lipinski definition) is 2. The minimum absolute atomic E-state index is 0.612. The molecule has 0 amide bonds. The van der Waals surface area contributed by atoms with Gasteiger partial charge in [-0.05, 0) is 49.2 Å². The predicted octanol–water partition coefficient (Wildman–Crippen LogP) is 3.90. The molecule has 2 heterocycles. The van der Waals surface area contributed by atoms with E-state index in [2.05, 4.69) is 59.2 Å². The third-order valence-corrected chi connectivity index (χ3v) is 5.25. The molecule has 4 rings (SSSR count). The van der Waals surface area contributed by atoms with Gasteiger partial charge in [-0.1, -0.05) is 36.8 Å². The average molecular weight is 280 g/mol. The zero-order valence-corrected chi connectivity index (χ0v) is 12.8. The molecule has 2 nitrogen and oxygen atoms in total. The number of nitrogens with zero attached hydrogens (tertiary/aromatic N) is 2. The highest BCUT2D eigenvalue weighted by Gasteiger charge is 2.32. The zero-order chi connectivity index (χ0) is 14.2. The maximum absolute atomic E-state index is 2.71. The van der Waals surface area contributed by atoms with E-state index in [9.17, 15) is 0 Å². The summed E-state index contributed by atoms with van der Waals surface area (Å²) < 4.78 is 0. The SMILES string of the molecule is CC1CN2CCCCC2CN1c1ccc2ccccc2c1. The van der Waals surface area contributed by atoms with Gasteiger partial charge in [-0.25, -0.2) is 0 Å². The summed E-state index contributed by atoms with van der Waals surface area (Å²) in [6.45, 7) is 6.09. The number of anilines is 1. The van der Waals surface area contributed by atoms with E-state index in [1.165, 1.54) is 55.4 Å². The lowest BCUT2D eigenvalue weighted by atomic mass is 9.96. The fourth-order valence-corrected chi connectivity index (χ4v) is 4.07. The van der Waals surface area contributed by atoms with Crippen LogP contribution >= 0.6 is 0 Å². The Morgan fingerprint density at radius 1 is 0.952 bits per heavy atom. The molecule has 2 atom stereocenters. The molecule has 2 heteroatoms. The summed E-state index contributed by atoms with van der Waals surface area (Å²) in [5.74, 6) is 0. The summed E-state index contributed by atoms with van der Waals surface area (Å²) in [7, 11) is 0. The normalized spacial score (nSPS) is 26.8. The van der Waals surface area contributed by atoms with Crippen LogP contribution in [-0.2, 0) is 0 Å². The zero-order valence-electron chi connectivity index (χ0n) is 12.8. The summed E-state index contributed by atoms with van der Waals surface area (Å²) in [6.07, 6.45) is 4.16. The molecule has 21 heavy (non-hydrogen) atoms. The summed E-state index contributed by atoms with van der Waals surface area (Å²) in [4.78, 5) is 5.34. The molecule has 0 bridgehead atoms. The van der Waals surface area contributed by atoms with Crippen LogP contribution in [0, 0.1) is 0 Å². The second kappa shape index (κ2) is 5.34. The Labute approximate surface area is 127 Å². The van der Waals surface area contributed by atoms with E-state index < -0.39 is 0 Å². The highest BCUT2D eigenvalue weighted by molar-refractivity contribution is 5.85. The van der Waals surface area contributed by atoms with Crippen molar-refractivity contribution >= 4 is 16.5 Å². The van der Waals surface area contributed by atoms with Crippen LogP contribution in [0.4, 0.5) is 5.69 Å². The molecule has 2 fully saturated rings. The fraction of sp³-hybridized carbons (Fsp3) is 0.474. The van der Waals surface area contributed by atoms with Crippen LogP contribution in [0.15, 0.2) is 42.5 Å². The van der Waals surface area contributed by atoms with E-state index in [1.807, 2.05) is 0 Å². The van der Waals surface area contributed by atoms with Gasteiger partial charge in [-0.3, -0.25) is 4.90 Å². The standard InChI is InChI=1S/C19H24N2/c1-15-13-20-11-5-4-8-19(20)14-21(15)18-10-9-16-6-2-3-7-17(16)12-18/h2-3,6-7,9-10,12,15,19H,4-5,8,11,13-14H2,1H3. The monoisotopic (exact) mass is 280 g/mol. The highest BCUT2D eigenvalue weighted by Crippen LogP contribution is 2.30. The Balaban J connectivity index is 1.64. The second-order valence-corrected chi connectivity index (χ2v) is 6.68. The van der Waals surface area contributed by atoms with Crippen molar-refractivity contribution in [2.24, 2.45) is 0 Å². The molecule has 0 aliphatic carbocycles. The van der Waals surface area contributed by atoms with Crippen molar-refractivity contribution in [3.05, 3.63) is 42.5 Å². The van der Waals surface area contributed by atoms with Crippen LogP contribution in [0.2, 0.25) is 0 Å². The van der Waals surface area contributed by atoms with Gasteiger partial charge in [0.2, 0.25) is 0 Å². The molecule has 110 valence electrons. The first-order valence-corrected chi connectivity index (χ1v) is 8.31. The quantitative estimate of drug-likeness (QED) is 0.781. The van der Waals surface area contributed by atoms with E-state index in [0.29, 0.717) is 6.04 Å². The van der Waals surface area contributed by atoms with Crippen LogP contribution in [-0.4, -0.2) is 36.6 Å². The smallest absolute Gasteiger partial charge is 0.0389 e. The first kappa shape index (κ1) is 13.1. The van der Waals surface area contributed by atoms with Crippen LogP contribution in [0.5, 0.6) is 0 Å². The fourth-order valence-electron chi connectivity index (χ4n) is 4.07. The number of fused-ring (bicyclic) bond motifs is 2. The van der Waals surface area contributed by atoms with E-state index in [1.54, 1.807) is 0 Å². The lowest BCUT2D eigenvalue weighted by Crippen LogP contribution is -2.58. The first-order chi connectivity index (χ1) is 10.3. The summed E-state index contributed by atoms with van der Waals surface area (Å²) in [5, 5.41) is 2.69. The summed E-state index contributed by atoms with van der Waals surface area (Å²) in [6, 6.07) is 17.0. The maximum atomic E-state index is 2.71. The third-order valence-electron chi connectivity index (χ3n) is 5.25. The highest BCUT2D eigenvalue weighted by atomic mass is 15.3. The lowest BCUT2D eigenvalue weighted by molar-refractivity contribution is 0.115. The number of piperidine rings is 1. The summed E-state index contributed by atoms with van der Waals surface area (Å²) in [5.41, 5.74) is 1.39. The largest absolute Gasteiger partial charge is 0.366 e. The third kappa shape index (κ3) is 2.42.